The Balaban J connectivity index is 0.00000480. The third-order valence-electron chi connectivity index (χ3n) is 3.88. The van der Waals surface area contributed by atoms with Gasteiger partial charge in [0.1, 0.15) is 5.75 Å². The molecular weight excluding hydrogens is 540 g/mol. The lowest BCUT2D eigenvalue weighted by molar-refractivity contribution is -0.142. The molecule has 1 unspecified atom stereocenters. The van der Waals surface area contributed by atoms with Crippen LogP contribution in [0, 0.1) is 0 Å². The van der Waals surface area contributed by atoms with E-state index in [0.29, 0.717) is 12.1 Å². The topological polar surface area (TPSA) is 83.7 Å². The van der Waals surface area contributed by atoms with Crippen LogP contribution in [0.25, 0.3) is 0 Å². The van der Waals surface area contributed by atoms with E-state index < -0.39 is 24.6 Å². The van der Waals surface area contributed by atoms with Crippen molar-refractivity contribution in [3.63, 3.8) is 0 Å². The van der Waals surface area contributed by atoms with Gasteiger partial charge in [-0.3, -0.25) is 4.68 Å². The molecule has 1 atom stereocenters. The van der Waals surface area contributed by atoms with Crippen LogP contribution in [0.5, 0.6) is 5.75 Å². The maximum Gasteiger partial charge on any atom is 0.435 e. The van der Waals surface area contributed by atoms with E-state index in [0.717, 1.165) is 4.68 Å². The molecule has 0 saturated carbocycles. The van der Waals surface area contributed by atoms with Crippen molar-refractivity contribution < 1.29 is 31.8 Å². The van der Waals surface area contributed by atoms with Crippen molar-refractivity contribution in [3.05, 3.63) is 47.3 Å². The number of alkyl halides is 5. The minimum absolute atomic E-state index is 0. The van der Waals surface area contributed by atoms with Gasteiger partial charge in [0, 0.05) is 31.9 Å². The molecule has 0 fully saturated rings. The molecule has 2 rings (SSSR count). The number of aryl methyl sites for hydroxylation is 1. The average Bonchev–Trinajstić information content (AvgIpc) is 3.05. The molecule has 13 heteroatoms. The molecule has 0 amide bonds. The molecular formula is C18H23F5IN5O2. The highest BCUT2D eigenvalue weighted by atomic mass is 127. The molecule has 1 aromatic carbocycles. The first-order valence-corrected chi connectivity index (χ1v) is 8.94. The van der Waals surface area contributed by atoms with Crippen LogP contribution in [0.3, 0.4) is 0 Å². The van der Waals surface area contributed by atoms with Crippen LogP contribution in [-0.2, 0) is 19.8 Å². The SMILES string of the molecule is CCNC(=NCc1cn(C)nc1C(F)(F)F)NCC(O)c1ccc(OC(F)F)cc1.I. The summed E-state index contributed by atoms with van der Waals surface area (Å²) >= 11 is 0. The summed E-state index contributed by atoms with van der Waals surface area (Å²) in [6, 6.07) is 5.45. The van der Waals surface area contributed by atoms with Gasteiger partial charge in [-0.2, -0.15) is 27.1 Å². The number of ether oxygens (including phenoxy) is 1. The van der Waals surface area contributed by atoms with E-state index in [1.807, 2.05) is 0 Å². The van der Waals surface area contributed by atoms with Crippen LogP contribution in [0.2, 0.25) is 0 Å². The summed E-state index contributed by atoms with van der Waals surface area (Å²) < 4.78 is 68.8. The maximum absolute atomic E-state index is 13.0. The zero-order valence-corrected chi connectivity index (χ0v) is 19.0. The summed E-state index contributed by atoms with van der Waals surface area (Å²) in [6.07, 6.45) is -4.36. The minimum atomic E-state index is -4.59. The van der Waals surface area contributed by atoms with Crippen LogP contribution in [-0.4, -0.2) is 40.5 Å². The first kappa shape index (κ1) is 26.9. The number of aliphatic hydroxyl groups is 1. The van der Waals surface area contributed by atoms with Crippen LogP contribution in [0.1, 0.15) is 29.8 Å². The van der Waals surface area contributed by atoms with E-state index in [1.165, 1.54) is 37.5 Å². The number of nitrogens with one attached hydrogen (secondary N) is 2. The Labute approximate surface area is 192 Å². The van der Waals surface area contributed by atoms with Gasteiger partial charge < -0.3 is 20.5 Å². The number of rotatable bonds is 8. The molecule has 0 aliphatic heterocycles. The number of nitrogens with zero attached hydrogens (tertiary/aromatic N) is 3. The molecule has 174 valence electrons. The Hall–Kier alpha value is -2.16. The summed E-state index contributed by atoms with van der Waals surface area (Å²) in [4.78, 5) is 4.11. The quantitative estimate of drug-likeness (QED) is 0.199. The number of hydrogen-bond acceptors (Lipinski definition) is 4. The zero-order valence-electron chi connectivity index (χ0n) is 16.7. The van der Waals surface area contributed by atoms with Crippen LogP contribution in [0.4, 0.5) is 22.0 Å². The molecule has 31 heavy (non-hydrogen) atoms. The third kappa shape index (κ3) is 8.47. The molecule has 1 heterocycles. The zero-order chi connectivity index (χ0) is 22.3. The van der Waals surface area contributed by atoms with Gasteiger partial charge >= 0.3 is 12.8 Å². The van der Waals surface area contributed by atoms with Gasteiger partial charge in [0.25, 0.3) is 0 Å². The second-order valence-electron chi connectivity index (χ2n) is 6.21. The van der Waals surface area contributed by atoms with Crippen molar-refractivity contribution in [2.24, 2.45) is 12.0 Å². The molecule has 0 bridgehead atoms. The normalized spacial score (nSPS) is 13.0. The Morgan fingerprint density at radius 2 is 1.87 bits per heavy atom. The second-order valence-corrected chi connectivity index (χ2v) is 6.21. The minimum Gasteiger partial charge on any atom is -0.435 e. The van der Waals surface area contributed by atoms with Gasteiger partial charge in [-0.15, -0.1) is 24.0 Å². The lowest BCUT2D eigenvalue weighted by Crippen LogP contribution is -2.39. The molecule has 7 nitrogen and oxygen atoms in total. The number of hydrogen-bond donors (Lipinski definition) is 3. The van der Waals surface area contributed by atoms with Crippen molar-refractivity contribution in [1.29, 1.82) is 0 Å². The molecule has 0 saturated heterocycles. The first-order valence-electron chi connectivity index (χ1n) is 8.94. The molecule has 0 radical (unpaired) electrons. The fraction of sp³-hybridized carbons (Fsp3) is 0.444. The van der Waals surface area contributed by atoms with Crippen LogP contribution < -0.4 is 15.4 Å². The van der Waals surface area contributed by atoms with E-state index in [-0.39, 0.29) is 54.3 Å². The molecule has 0 aliphatic carbocycles. The predicted molar refractivity (Wildman–Crippen MR) is 114 cm³/mol. The molecule has 1 aromatic heterocycles. The summed E-state index contributed by atoms with van der Waals surface area (Å²) in [5, 5.41) is 19.4. The summed E-state index contributed by atoms with van der Waals surface area (Å²) in [7, 11) is 1.39. The highest BCUT2D eigenvalue weighted by molar-refractivity contribution is 14.0. The van der Waals surface area contributed by atoms with Crippen LogP contribution >= 0.6 is 24.0 Å². The smallest absolute Gasteiger partial charge is 0.435 e. The van der Waals surface area contributed by atoms with E-state index >= 15 is 0 Å². The predicted octanol–water partition coefficient (Wildman–Crippen LogP) is 3.45. The summed E-state index contributed by atoms with van der Waals surface area (Å²) in [6.45, 7) is -1.01. The second kappa shape index (κ2) is 12.0. The molecule has 3 N–H and O–H groups in total. The number of benzene rings is 1. The van der Waals surface area contributed by atoms with Gasteiger partial charge in [-0.05, 0) is 24.6 Å². The van der Waals surface area contributed by atoms with Crippen molar-refractivity contribution in [1.82, 2.24) is 20.4 Å². The van der Waals surface area contributed by atoms with Gasteiger partial charge in [0.2, 0.25) is 0 Å². The Morgan fingerprint density at radius 3 is 2.42 bits per heavy atom. The summed E-state index contributed by atoms with van der Waals surface area (Å²) in [5.41, 5.74) is -0.653. The lowest BCUT2D eigenvalue weighted by atomic mass is 10.1. The van der Waals surface area contributed by atoms with Gasteiger partial charge in [-0.1, -0.05) is 12.1 Å². The summed E-state index contributed by atoms with van der Waals surface area (Å²) in [5.74, 6) is 0.159. The largest absolute Gasteiger partial charge is 0.435 e. The van der Waals surface area contributed by atoms with E-state index in [9.17, 15) is 27.1 Å². The fourth-order valence-corrected chi connectivity index (χ4v) is 2.58. The number of halogens is 6. The maximum atomic E-state index is 13.0. The highest BCUT2D eigenvalue weighted by Crippen LogP contribution is 2.30. The standard InChI is InChI=1S/C18H22F5N5O2.HI/c1-3-24-17(25-8-12-10-28(2)27-15(12)18(21,22)23)26-9-14(29)11-4-6-13(7-5-11)30-16(19)20;/h4-7,10,14,16,29H,3,8-9H2,1-2H3,(H2,24,25,26);1H. The number of aliphatic hydroxyl groups excluding tert-OH is 1. The molecule has 0 aliphatic rings. The van der Waals surface area contributed by atoms with Gasteiger partial charge in [0.15, 0.2) is 11.7 Å². The Morgan fingerprint density at radius 1 is 1.23 bits per heavy atom. The van der Waals surface area contributed by atoms with Gasteiger partial charge in [0.05, 0.1) is 12.6 Å². The van der Waals surface area contributed by atoms with Crippen LogP contribution in [0.15, 0.2) is 35.5 Å². The van der Waals surface area contributed by atoms with E-state index in [1.54, 1.807) is 6.92 Å². The van der Waals surface area contributed by atoms with Crippen molar-refractivity contribution in [2.75, 3.05) is 13.1 Å². The Bertz CT molecular complexity index is 843. The number of aromatic nitrogens is 2. The average molecular weight is 563 g/mol. The Kier molecular flexibility index (Phi) is 10.4. The van der Waals surface area contributed by atoms with E-state index in [4.69, 9.17) is 0 Å². The van der Waals surface area contributed by atoms with Crippen molar-refractivity contribution >= 4 is 29.9 Å². The third-order valence-corrected chi connectivity index (χ3v) is 3.88. The van der Waals surface area contributed by atoms with Crippen molar-refractivity contribution in [2.45, 2.75) is 32.4 Å². The highest BCUT2D eigenvalue weighted by Gasteiger charge is 2.36. The van der Waals surface area contributed by atoms with E-state index in [2.05, 4.69) is 25.5 Å². The van der Waals surface area contributed by atoms with Crippen molar-refractivity contribution in [3.8, 4) is 5.75 Å². The fourth-order valence-electron chi connectivity index (χ4n) is 2.58. The van der Waals surface area contributed by atoms with Gasteiger partial charge in [-0.25, -0.2) is 4.99 Å². The molecule has 0 spiro atoms. The number of aliphatic imine (C=N–C) groups is 1. The number of guanidine groups is 1. The first-order chi connectivity index (χ1) is 14.1. The monoisotopic (exact) mass is 563 g/mol. The lowest BCUT2D eigenvalue weighted by Gasteiger charge is -2.16. The molecule has 2 aromatic rings.